The van der Waals surface area contributed by atoms with Crippen LogP contribution in [0.1, 0.15) is 35.6 Å². The summed E-state index contributed by atoms with van der Waals surface area (Å²) < 4.78 is 0. The molecule has 1 saturated heterocycles. The minimum Gasteiger partial charge on any atom is -0.504 e. The monoisotopic (exact) mass is 207 g/mol. The van der Waals surface area contributed by atoms with Crippen molar-refractivity contribution in [3.8, 4) is 11.5 Å². The maximum atomic E-state index is 9.59. The molecule has 0 spiro atoms. The van der Waals surface area contributed by atoms with Gasteiger partial charge in [0, 0.05) is 6.04 Å². The Kier molecular flexibility index (Phi) is 2.57. The van der Waals surface area contributed by atoms with E-state index in [1.54, 1.807) is 6.07 Å². The van der Waals surface area contributed by atoms with Crippen molar-refractivity contribution in [2.24, 2.45) is 0 Å². The molecule has 3 heteroatoms. The third-order valence-corrected chi connectivity index (χ3v) is 3.32. The van der Waals surface area contributed by atoms with Crippen molar-refractivity contribution in [3.63, 3.8) is 0 Å². The lowest BCUT2D eigenvalue weighted by molar-refractivity contribution is 0.399. The van der Waals surface area contributed by atoms with Gasteiger partial charge >= 0.3 is 0 Å². The number of hydrogen-bond donors (Lipinski definition) is 3. The number of hydrogen-bond acceptors (Lipinski definition) is 3. The Hall–Kier alpha value is -1.22. The van der Waals surface area contributed by atoms with Gasteiger partial charge in [-0.15, -0.1) is 0 Å². The molecule has 3 nitrogen and oxygen atoms in total. The van der Waals surface area contributed by atoms with E-state index in [2.05, 4.69) is 5.32 Å². The molecule has 0 amide bonds. The zero-order chi connectivity index (χ0) is 11.0. The van der Waals surface area contributed by atoms with Crippen LogP contribution in [-0.4, -0.2) is 16.8 Å². The molecule has 0 aromatic heterocycles. The Bertz CT molecular complexity index is 382. The lowest BCUT2D eigenvalue weighted by atomic mass is 9.95. The van der Waals surface area contributed by atoms with Crippen LogP contribution in [0, 0.1) is 13.8 Å². The molecular formula is C12H17NO2. The van der Waals surface area contributed by atoms with Crippen LogP contribution in [-0.2, 0) is 0 Å². The average molecular weight is 207 g/mol. The van der Waals surface area contributed by atoms with Crippen molar-refractivity contribution in [3.05, 3.63) is 22.8 Å². The summed E-state index contributed by atoms with van der Waals surface area (Å²) in [5.41, 5.74) is 2.96. The standard InChI is InChI=1S/C12H17NO2/c1-7-8(2)12(15)11(14)6-9(7)10-4-3-5-13-10/h6,10,13-15H,3-5H2,1-2H3. The van der Waals surface area contributed by atoms with Gasteiger partial charge in [0.05, 0.1) is 0 Å². The van der Waals surface area contributed by atoms with Gasteiger partial charge in [-0.2, -0.15) is 0 Å². The van der Waals surface area contributed by atoms with Crippen LogP contribution in [0.4, 0.5) is 0 Å². The first kappa shape index (κ1) is 10.3. The molecule has 3 N–H and O–H groups in total. The predicted octanol–water partition coefficient (Wildman–Crippen LogP) is 2.14. The van der Waals surface area contributed by atoms with Gasteiger partial charge in [0.2, 0.25) is 0 Å². The van der Waals surface area contributed by atoms with Gasteiger partial charge in [-0.05, 0) is 56.0 Å². The van der Waals surface area contributed by atoms with E-state index in [1.807, 2.05) is 13.8 Å². The maximum Gasteiger partial charge on any atom is 0.160 e. The van der Waals surface area contributed by atoms with E-state index in [0.717, 1.165) is 29.7 Å². The highest BCUT2D eigenvalue weighted by Crippen LogP contribution is 2.37. The first-order chi connectivity index (χ1) is 7.11. The quantitative estimate of drug-likeness (QED) is 0.618. The summed E-state index contributed by atoms with van der Waals surface area (Å²) >= 11 is 0. The molecule has 1 atom stereocenters. The van der Waals surface area contributed by atoms with Crippen molar-refractivity contribution in [1.29, 1.82) is 0 Å². The minimum absolute atomic E-state index is 0.00856. The van der Waals surface area contributed by atoms with Gasteiger partial charge in [0.1, 0.15) is 0 Å². The number of rotatable bonds is 1. The Morgan fingerprint density at radius 2 is 2.00 bits per heavy atom. The summed E-state index contributed by atoms with van der Waals surface area (Å²) in [6.07, 6.45) is 2.27. The smallest absolute Gasteiger partial charge is 0.160 e. The molecule has 1 heterocycles. The SMILES string of the molecule is Cc1c(C2CCCN2)cc(O)c(O)c1C. The predicted molar refractivity (Wildman–Crippen MR) is 59.2 cm³/mol. The fourth-order valence-corrected chi connectivity index (χ4v) is 2.22. The van der Waals surface area contributed by atoms with Crippen LogP contribution in [0.15, 0.2) is 6.07 Å². The van der Waals surface area contributed by atoms with Crippen LogP contribution < -0.4 is 5.32 Å². The van der Waals surface area contributed by atoms with Crippen molar-refractivity contribution < 1.29 is 10.2 Å². The van der Waals surface area contributed by atoms with Gasteiger partial charge in [-0.25, -0.2) is 0 Å². The van der Waals surface area contributed by atoms with Crippen molar-refractivity contribution in [2.45, 2.75) is 32.7 Å². The number of nitrogens with one attached hydrogen (secondary N) is 1. The van der Waals surface area contributed by atoms with E-state index >= 15 is 0 Å². The molecule has 0 radical (unpaired) electrons. The Labute approximate surface area is 89.8 Å². The zero-order valence-electron chi connectivity index (χ0n) is 9.17. The first-order valence-corrected chi connectivity index (χ1v) is 5.36. The molecule has 1 fully saturated rings. The van der Waals surface area contributed by atoms with E-state index in [9.17, 15) is 10.2 Å². The summed E-state index contributed by atoms with van der Waals surface area (Å²) in [6, 6.07) is 2.01. The van der Waals surface area contributed by atoms with Crippen molar-refractivity contribution in [2.75, 3.05) is 6.54 Å². The summed E-state index contributed by atoms with van der Waals surface area (Å²) in [5, 5.41) is 22.6. The minimum atomic E-state index is -0.0122. The van der Waals surface area contributed by atoms with Gasteiger partial charge in [0.15, 0.2) is 11.5 Å². The van der Waals surface area contributed by atoms with Gasteiger partial charge in [0.25, 0.3) is 0 Å². The van der Waals surface area contributed by atoms with E-state index in [0.29, 0.717) is 6.04 Å². The maximum absolute atomic E-state index is 9.59. The molecule has 1 aromatic rings. The molecule has 0 aliphatic carbocycles. The second-order valence-corrected chi connectivity index (χ2v) is 4.23. The van der Waals surface area contributed by atoms with Gasteiger partial charge < -0.3 is 15.5 Å². The first-order valence-electron chi connectivity index (χ1n) is 5.36. The molecular weight excluding hydrogens is 190 g/mol. The van der Waals surface area contributed by atoms with Gasteiger partial charge in [-0.1, -0.05) is 0 Å². The normalized spacial score (nSPS) is 20.8. The Morgan fingerprint density at radius 3 is 2.60 bits per heavy atom. The van der Waals surface area contributed by atoms with Crippen LogP contribution in [0.3, 0.4) is 0 Å². The summed E-state index contributed by atoms with van der Waals surface area (Å²) in [7, 11) is 0. The molecule has 1 unspecified atom stereocenters. The Balaban J connectivity index is 2.47. The molecule has 0 saturated carbocycles. The summed E-state index contributed by atoms with van der Waals surface area (Å²) in [4.78, 5) is 0. The molecule has 15 heavy (non-hydrogen) atoms. The third kappa shape index (κ3) is 1.67. The van der Waals surface area contributed by atoms with E-state index in [4.69, 9.17) is 0 Å². The summed E-state index contributed by atoms with van der Waals surface area (Å²) in [6.45, 7) is 4.86. The number of aromatic hydroxyl groups is 2. The molecule has 1 aromatic carbocycles. The molecule has 2 rings (SSSR count). The van der Waals surface area contributed by atoms with Crippen LogP contribution in [0.5, 0.6) is 11.5 Å². The topological polar surface area (TPSA) is 52.5 Å². The molecule has 0 bridgehead atoms. The van der Waals surface area contributed by atoms with Crippen LogP contribution in [0.2, 0.25) is 0 Å². The molecule has 82 valence electrons. The van der Waals surface area contributed by atoms with Gasteiger partial charge in [-0.3, -0.25) is 0 Å². The lowest BCUT2D eigenvalue weighted by Crippen LogP contribution is -2.14. The van der Waals surface area contributed by atoms with E-state index in [-0.39, 0.29) is 11.5 Å². The highest BCUT2D eigenvalue weighted by atomic mass is 16.3. The van der Waals surface area contributed by atoms with Crippen LogP contribution >= 0.6 is 0 Å². The van der Waals surface area contributed by atoms with Crippen molar-refractivity contribution >= 4 is 0 Å². The Morgan fingerprint density at radius 1 is 1.27 bits per heavy atom. The third-order valence-electron chi connectivity index (χ3n) is 3.32. The average Bonchev–Trinajstić information content (AvgIpc) is 2.73. The summed E-state index contributed by atoms with van der Waals surface area (Å²) in [5.74, 6) is -0.00366. The number of phenols is 2. The molecule has 1 aliphatic rings. The van der Waals surface area contributed by atoms with Crippen LogP contribution in [0.25, 0.3) is 0 Å². The number of benzene rings is 1. The molecule has 1 aliphatic heterocycles. The van der Waals surface area contributed by atoms with E-state index in [1.165, 1.54) is 6.42 Å². The van der Waals surface area contributed by atoms with Crippen molar-refractivity contribution in [1.82, 2.24) is 5.32 Å². The second kappa shape index (κ2) is 3.74. The fourth-order valence-electron chi connectivity index (χ4n) is 2.22. The highest BCUT2D eigenvalue weighted by molar-refractivity contribution is 5.52. The highest BCUT2D eigenvalue weighted by Gasteiger charge is 2.21. The van der Waals surface area contributed by atoms with E-state index < -0.39 is 0 Å². The number of phenolic OH excluding ortho intramolecular Hbond substituents is 2. The fraction of sp³-hybridized carbons (Fsp3) is 0.500. The largest absolute Gasteiger partial charge is 0.504 e. The lowest BCUT2D eigenvalue weighted by Gasteiger charge is -2.17. The second-order valence-electron chi connectivity index (χ2n) is 4.23. The zero-order valence-corrected chi connectivity index (χ0v) is 9.17.